The summed E-state index contributed by atoms with van der Waals surface area (Å²) in [5.74, 6) is -0.556. The van der Waals surface area contributed by atoms with Gasteiger partial charge in [-0.2, -0.15) is 0 Å². The Labute approximate surface area is 211 Å². The van der Waals surface area contributed by atoms with Crippen molar-refractivity contribution < 1.29 is 18.3 Å². The highest BCUT2D eigenvalue weighted by Crippen LogP contribution is 2.40. The molecule has 188 valence electrons. The molecular weight excluding hydrogens is 458 g/mol. The smallest absolute Gasteiger partial charge is 0.411 e. The maximum absolute atomic E-state index is 13.7. The van der Waals surface area contributed by atoms with E-state index in [1.165, 1.54) is 37.1 Å². The van der Waals surface area contributed by atoms with Crippen LogP contribution in [-0.2, 0) is 10.3 Å². The number of benzene rings is 3. The van der Waals surface area contributed by atoms with Gasteiger partial charge >= 0.3 is 6.09 Å². The standard InChI is InChI=1S/C30H32F2N2O2/c1-22(23-4-6-24(7-5-23)25-8-12-27(31)13-9-25)34-21-17-30(36-29(34)35,16-20-33-18-2-3-19-33)26-10-14-28(32)15-11-26/h4-15,22H,2-3,16-21H2,1H3/t22-,30+/m0/s1. The largest absolute Gasteiger partial charge is 0.438 e. The van der Waals surface area contributed by atoms with Crippen LogP contribution in [0.1, 0.15) is 49.8 Å². The van der Waals surface area contributed by atoms with Crippen LogP contribution in [0.5, 0.6) is 0 Å². The van der Waals surface area contributed by atoms with Gasteiger partial charge in [-0.25, -0.2) is 13.6 Å². The maximum atomic E-state index is 13.7. The summed E-state index contributed by atoms with van der Waals surface area (Å²) in [6.07, 6.45) is 3.40. The molecule has 2 aliphatic heterocycles. The van der Waals surface area contributed by atoms with E-state index in [1.807, 2.05) is 31.2 Å². The minimum absolute atomic E-state index is 0.162. The van der Waals surface area contributed by atoms with E-state index in [0.717, 1.165) is 41.9 Å². The van der Waals surface area contributed by atoms with E-state index in [2.05, 4.69) is 4.90 Å². The number of nitrogens with zero attached hydrogens (tertiary/aromatic N) is 2. The van der Waals surface area contributed by atoms with E-state index in [9.17, 15) is 13.6 Å². The van der Waals surface area contributed by atoms with Gasteiger partial charge in [-0.1, -0.05) is 48.5 Å². The van der Waals surface area contributed by atoms with Crippen LogP contribution in [0.2, 0.25) is 0 Å². The number of carbonyl (C=O) groups excluding carboxylic acids is 1. The molecule has 2 fully saturated rings. The molecule has 2 aliphatic rings. The number of carbonyl (C=O) groups is 1. The van der Waals surface area contributed by atoms with Gasteiger partial charge < -0.3 is 14.5 Å². The first-order chi connectivity index (χ1) is 17.4. The van der Waals surface area contributed by atoms with Crippen molar-refractivity contribution in [2.24, 2.45) is 0 Å². The lowest BCUT2D eigenvalue weighted by Gasteiger charge is -2.44. The molecule has 0 radical (unpaired) electrons. The predicted molar refractivity (Wildman–Crippen MR) is 136 cm³/mol. The van der Waals surface area contributed by atoms with E-state index in [-0.39, 0.29) is 23.8 Å². The summed E-state index contributed by atoms with van der Waals surface area (Å²) >= 11 is 0. The summed E-state index contributed by atoms with van der Waals surface area (Å²) in [6, 6.07) is 20.6. The number of amides is 1. The molecule has 0 aromatic heterocycles. The Morgan fingerprint density at radius 3 is 1.97 bits per heavy atom. The van der Waals surface area contributed by atoms with Gasteiger partial charge in [-0.15, -0.1) is 0 Å². The Morgan fingerprint density at radius 1 is 0.833 bits per heavy atom. The molecule has 0 N–H and O–H groups in total. The summed E-state index contributed by atoms with van der Waals surface area (Å²) in [5, 5.41) is 0. The number of ether oxygens (including phenoxy) is 1. The van der Waals surface area contributed by atoms with Gasteiger partial charge in [0.15, 0.2) is 0 Å². The van der Waals surface area contributed by atoms with E-state index >= 15 is 0 Å². The Bertz CT molecular complexity index is 1180. The van der Waals surface area contributed by atoms with Crippen molar-refractivity contribution in [3.05, 3.63) is 95.6 Å². The van der Waals surface area contributed by atoms with Crippen molar-refractivity contribution in [3.63, 3.8) is 0 Å². The Morgan fingerprint density at radius 2 is 1.39 bits per heavy atom. The fourth-order valence-corrected chi connectivity index (χ4v) is 5.42. The van der Waals surface area contributed by atoms with E-state index in [1.54, 1.807) is 29.2 Å². The van der Waals surface area contributed by atoms with Gasteiger partial charge in [-0.3, -0.25) is 0 Å². The van der Waals surface area contributed by atoms with Crippen molar-refractivity contribution in [2.75, 3.05) is 26.2 Å². The molecule has 0 aliphatic carbocycles. The monoisotopic (exact) mass is 490 g/mol. The average molecular weight is 491 g/mol. The molecule has 0 saturated carbocycles. The lowest BCUT2D eigenvalue weighted by atomic mass is 9.85. The van der Waals surface area contributed by atoms with Gasteiger partial charge in [-0.05, 0) is 79.4 Å². The average Bonchev–Trinajstić information content (AvgIpc) is 3.42. The molecule has 2 saturated heterocycles. The molecular formula is C30H32F2N2O2. The second kappa shape index (κ2) is 10.4. The van der Waals surface area contributed by atoms with Gasteiger partial charge in [0.2, 0.25) is 0 Å². The van der Waals surface area contributed by atoms with Crippen LogP contribution < -0.4 is 0 Å². The van der Waals surface area contributed by atoms with Crippen LogP contribution in [0.3, 0.4) is 0 Å². The van der Waals surface area contributed by atoms with E-state index in [4.69, 9.17) is 4.74 Å². The Balaban J connectivity index is 1.31. The van der Waals surface area contributed by atoms with Crippen LogP contribution in [0.25, 0.3) is 11.1 Å². The highest BCUT2D eigenvalue weighted by molar-refractivity contribution is 5.70. The topological polar surface area (TPSA) is 32.8 Å². The lowest BCUT2D eigenvalue weighted by molar-refractivity contribution is -0.0686. The second-order valence-corrected chi connectivity index (χ2v) is 9.92. The summed E-state index contributed by atoms with van der Waals surface area (Å²) < 4.78 is 33.1. The van der Waals surface area contributed by atoms with Crippen molar-refractivity contribution >= 4 is 6.09 Å². The third kappa shape index (κ3) is 5.14. The molecule has 2 atom stereocenters. The molecule has 2 heterocycles. The molecule has 0 bridgehead atoms. The van der Waals surface area contributed by atoms with Crippen LogP contribution in [0, 0.1) is 11.6 Å². The summed E-state index contributed by atoms with van der Waals surface area (Å²) in [5.41, 5.74) is 3.03. The van der Waals surface area contributed by atoms with Gasteiger partial charge in [0, 0.05) is 25.9 Å². The Kier molecular flexibility index (Phi) is 7.06. The molecule has 5 rings (SSSR count). The maximum Gasteiger partial charge on any atom is 0.411 e. The van der Waals surface area contributed by atoms with Crippen molar-refractivity contribution in [1.29, 1.82) is 0 Å². The summed E-state index contributed by atoms with van der Waals surface area (Å²) in [6.45, 7) is 5.56. The first kappa shape index (κ1) is 24.4. The van der Waals surface area contributed by atoms with E-state index < -0.39 is 5.60 Å². The Hall–Kier alpha value is -3.25. The van der Waals surface area contributed by atoms with Gasteiger partial charge in [0.1, 0.15) is 17.2 Å². The molecule has 36 heavy (non-hydrogen) atoms. The van der Waals surface area contributed by atoms with Crippen molar-refractivity contribution in [1.82, 2.24) is 9.80 Å². The quantitative estimate of drug-likeness (QED) is 0.361. The molecule has 0 spiro atoms. The minimum atomic E-state index is -0.754. The fourth-order valence-electron chi connectivity index (χ4n) is 5.42. The first-order valence-corrected chi connectivity index (χ1v) is 12.8. The highest BCUT2D eigenvalue weighted by atomic mass is 19.1. The zero-order chi connectivity index (χ0) is 25.1. The summed E-state index contributed by atoms with van der Waals surface area (Å²) in [4.78, 5) is 17.5. The molecule has 1 amide bonds. The highest BCUT2D eigenvalue weighted by Gasteiger charge is 2.43. The minimum Gasteiger partial charge on any atom is -0.438 e. The van der Waals surface area contributed by atoms with Crippen LogP contribution in [0.4, 0.5) is 13.6 Å². The summed E-state index contributed by atoms with van der Waals surface area (Å²) in [7, 11) is 0. The SMILES string of the molecule is C[C@@H](c1ccc(-c2ccc(F)cc2)cc1)N1CC[C@](CCN2CCCC2)(c2ccc(F)cc2)OC1=O. The zero-order valence-corrected chi connectivity index (χ0v) is 20.6. The van der Waals surface area contributed by atoms with Crippen LogP contribution in [0.15, 0.2) is 72.8 Å². The van der Waals surface area contributed by atoms with Crippen LogP contribution in [-0.4, -0.2) is 42.1 Å². The number of hydrogen-bond donors (Lipinski definition) is 0. The first-order valence-electron chi connectivity index (χ1n) is 12.8. The molecule has 0 unspecified atom stereocenters. The second-order valence-electron chi connectivity index (χ2n) is 9.92. The van der Waals surface area contributed by atoms with Crippen molar-refractivity contribution in [3.8, 4) is 11.1 Å². The number of halogens is 2. The molecule has 3 aromatic carbocycles. The molecule has 6 heteroatoms. The number of cyclic esters (lactones) is 1. The normalized spacial score (nSPS) is 21.4. The van der Waals surface area contributed by atoms with E-state index in [0.29, 0.717) is 19.4 Å². The van der Waals surface area contributed by atoms with Gasteiger partial charge in [0.25, 0.3) is 0 Å². The molecule has 4 nitrogen and oxygen atoms in total. The fraction of sp³-hybridized carbons (Fsp3) is 0.367. The predicted octanol–water partition coefficient (Wildman–Crippen LogP) is 6.92. The van der Waals surface area contributed by atoms with Crippen LogP contribution >= 0.6 is 0 Å². The third-order valence-corrected chi connectivity index (χ3v) is 7.71. The third-order valence-electron chi connectivity index (χ3n) is 7.71. The van der Waals surface area contributed by atoms with Crippen molar-refractivity contribution in [2.45, 2.75) is 44.2 Å². The number of rotatable bonds is 7. The number of likely N-dealkylation sites (tertiary alicyclic amines) is 1. The van der Waals surface area contributed by atoms with Gasteiger partial charge in [0.05, 0.1) is 6.04 Å². The lowest BCUT2D eigenvalue weighted by Crippen LogP contribution is -2.49. The number of hydrogen-bond acceptors (Lipinski definition) is 3. The zero-order valence-electron chi connectivity index (χ0n) is 20.6. The molecule has 3 aromatic rings.